The number of benzene rings is 1. The minimum atomic E-state index is 1.01. The standard InChI is InChI=1S/C16H15N3S/c1-19-11-18-15(13-4-3-5-14(10-13)20-2)16(19)12-6-8-17-9-7-12/h3-11H,1-2H3. The van der Waals surface area contributed by atoms with Gasteiger partial charge in [0, 0.05) is 35.5 Å². The van der Waals surface area contributed by atoms with E-state index in [-0.39, 0.29) is 0 Å². The number of imidazole rings is 1. The van der Waals surface area contributed by atoms with Crippen molar-refractivity contribution in [3.8, 4) is 22.5 Å². The molecule has 20 heavy (non-hydrogen) atoms. The van der Waals surface area contributed by atoms with Crippen LogP contribution in [0.1, 0.15) is 0 Å². The van der Waals surface area contributed by atoms with Gasteiger partial charge in [-0.3, -0.25) is 4.98 Å². The first-order valence-electron chi connectivity index (χ1n) is 6.35. The van der Waals surface area contributed by atoms with E-state index in [0.29, 0.717) is 0 Å². The fraction of sp³-hybridized carbons (Fsp3) is 0.125. The normalized spacial score (nSPS) is 10.7. The van der Waals surface area contributed by atoms with E-state index in [0.717, 1.165) is 22.5 Å². The molecule has 0 saturated carbocycles. The van der Waals surface area contributed by atoms with Gasteiger partial charge in [-0.05, 0) is 30.5 Å². The number of hydrogen-bond acceptors (Lipinski definition) is 3. The predicted molar refractivity (Wildman–Crippen MR) is 83.7 cm³/mol. The maximum absolute atomic E-state index is 4.57. The van der Waals surface area contributed by atoms with E-state index in [4.69, 9.17) is 0 Å². The lowest BCUT2D eigenvalue weighted by molar-refractivity contribution is 0.921. The van der Waals surface area contributed by atoms with Crippen molar-refractivity contribution in [3.05, 3.63) is 55.1 Å². The second-order valence-electron chi connectivity index (χ2n) is 4.52. The summed E-state index contributed by atoms with van der Waals surface area (Å²) < 4.78 is 2.05. The van der Waals surface area contributed by atoms with Gasteiger partial charge in [-0.2, -0.15) is 0 Å². The smallest absolute Gasteiger partial charge is 0.0963 e. The largest absolute Gasteiger partial charge is 0.333 e. The number of nitrogens with zero attached hydrogens (tertiary/aromatic N) is 3. The first-order chi connectivity index (χ1) is 9.79. The summed E-state index contributed by atoms with van der Waals surface area (Å²) in [4.78, 5) is 9.90. The molecular formula is C16H15N3S. The van der Waals surface area contributed by atoms with Crippen LogP contribution in [0.2, 0.25) is 0 Å². The van der Waals surface area contributed by atoms with E-state index in [1.165, 1.54) is 4.90 Å². The first kappa shape index (κ1) is 12.9. The zero-order valence-corrected chi connectivity index (χ0v) is 12.3. The number of hydrogen-bond donors (Lipinski definition) is 0. The maximum Gasteiger partial charge on any atom is 0.0963 e. The Kier molecular flexibility index (Phi) is 3.56. The Hall–Kier alpha value is -2.07. The predicted octanol–water partition coefficient (Wildman–Crippen LogP) is 3.87. The van der Waals surface area contributed by atoms with Crippen LogP contribution in [-0.2, 0) is 7.05 Å². The molecule has 2 aromatic heterocycles. The van der Waals surface area contributed by atoms with Gasteiger partial charge in [0.25, 0.3) is 0 Å². The van der Waals surface area contributed by atoms with Crippen LogP contribution in [0.25, 0.3) is 22.5 Å². The van der Waals surface area contributed by atoms with Crippen LogP contribution in [-0.4, -0.2) is 20.8 Å². The zero-order chi connectivity index (χ0) is 13.9. The van der Waals surface area contributed by atoms with Crippen molar-refractivity contribution in [2.45, 2.75) is 4.90 Å². The molecule has 1 aromatic carbocycles. The zero-order valence-electron chi connectivity index (χ0n) is 11.4. The van der Waals surface area contributed by atoms with Crippen molar-refractivity contribution in [3.63, 3.8) is 0 Å². The fourth-order valence-electron chi connectivity index (χ4n) is 2.26. The number of rotatable bonds is 3. The minimum Gasteiger partial charge on any atom is -0.333 e. The van der Waals surface area contributed by atoms with E-state index in [1.807, 2.05) is 37.9 Å². The second kappa shape index (κ2) is 5.51. The summed E-state index contributed by atoms with van der Waals surface area (Å²) in [6, 6.07) is 12.5. The Balaban J connectivity index is 2.16. The van der Waals surface area contributed by atoms with Crippen LogP contribution < -0.4 is 0 Å². The Labute approximate surface area is 122 Å². The van der Waals surface area contributed by atoms with Gasteiger partial charge in [0.2, 0.25) is 0 Å². The third kappa shape index (κ3) is 2.34. The Morgan fingerprint density at radius 3 is 2.60 bits per heavy atom. The summed E-state index contributed by atoms with van der Waals surface area (Å²) in [5.74, 6) is 0. The highest BCUT2D eigenvalue weighted by molar-refractivity contribution is 7.98. The van der Waals surface area contributed by atoms with Crippen LogP contribution >= 0.6 is 11.8 Å². The maximum atomic E-state index is 4.57. The van der Waals surface area contributed by atoms with E-state index >= 15 is 0 Å². The van der Waals surface area contributed by atoms with Gasteiger partial charge >= 0.3 is 0 Å². The molecular weight excluding hydrogens is 266 g/mol. The molecule has 0 unspecified atom stereocenters. The molecule has 0 saturated heterocycles. The van der Waals surface area contributed by atoms with Gasteiger partial charge < -0.3 is 4.57 Å². The lowest BCUT2D eigenvalue weighted by atomic mass is 10.1. The molecule has 0 radical (unpaired) electrons. The van der Waals surface area contributed by atoms with Crippen molar-refractivity contribution < 1.29 is 0 Å². The lowest BCUT2D eigenvalue weighted by Gasteiger charge is -2.07. The molecule has 0 atom stereocenters. The third-order valence-electron chi connectivity index (χ3n) is 3.23. The summed E-state index contributed by atoms with van der Waals surface area (Å²) in [6.45, 7) is 0. The summed E-state index contributed by atoms with van der Waals surface area (Å²) in [5, 5.41) is 0. The van der Waals surface area contributed by atoms with Crippen molar-refractivity contribution in [1.82, 2.24) is 14.5 Å². The van der Waals surface area contributed by atoms with Crippen LogP contribution in [0, 0.1) is 0 Å². The molecule has 0 bridgehead atoms. The van der Waals surface area contributed by atoms with Crippen LogP contribution in [0.5, 0.6) is 0 Å². The van der Waals surface area contributed by atoms with Gasteiger partial charge in [-0.15, -0.1) is 11.8 Å². The number of pyridine rings is 1. The van der Waals surface area contributed by atoms with Gasteiger partial charge in [-0.25, -0.2) is 4.98 Å². The molecule has 3 rings (SSSR count). The van der Waals surface area contributed by atoms with Crippen LogP contribution in [0.3, 0.4) is 0 Å². The highest BCUT2D eigenvalue weighted by Gasteiger charge is 2.13. The molecule has 3 aromatic rings. The fourth-order valence-corrected chi connectivity index (χ4v) is 2.72. The second-order valence-corrected chi connectivity index (χ2v) is 5.40. The number of aromatic nitrogens is 3. The minimum absolute atomic E-state index is 1.01. The molecule has 0 N–H and O–H groups in total. The van der Waals surface area contributed by atoms with E-state index in [9.17, 15) is 0 Å². The lowest BCUT2D eigenvalue weighted by Crippen LogP contribution is -1.91. The number of aryl methyl sites for hydroxylation is 1. The monoisotopic (exact) mass is 281 g/mol. The quantitative estimate of drug-likeness (QED) is 0.683. The molecule has 2 heterocycles. The van der Waals surface area contributed by atoms with Crippen molar-refractivity contribution in [1.29, 1.82) is 0 Å². The van der Waals surface area contributed by atoms with Gasteiger partial charge in [0.15, 0.2) is 0 Å². The molecule has 0 amide bonds. The SMILES string of the molecule is CSc1cccc(-c2ncn(C)c2-c2ccncc2)c1. The van der Waals surface area contributed by atoms with Crippen LogP contribution in [0.15, 0.2) is 60.0 Å². The van der Waals surface area contributed by atoms with E-state index in [1.54, 1.807) is 11.8 Å². The van der Waals surface area contributed by atoms with E-state index in [2.05, 4.69) is 45.1 Å². The highest BCUT2D eigenvalue weighted by atomic mass is 32.2. The molecule has 0 fully saturated rings. The molecule has 100 valence electrons. The Morgan fingerprint density at radius 1 is 1.05 bits per heavy atom. The average molecular weight is 281 g/mol. The summed E-state index contributed by atoms with van der Waals surface area (Å²) >= 11 is 1.74. The van der Waals surface area contributed by atoms with Crippen molar-refractivity contribution in [2.75, 3.05) is 6.26 Å². The summed E-state index contributed by atoms with van der Waals surface area (Å²) in [7, 11) is 2.02. The average Bonchev–Trinajstić information content (AvgIpc) is 2.90. The molecule has 0 aliphatic heterocycles. The van der Waals surface area contributed by atoms with Gasteiger partial charge in [0.05, 0.1) is 17.7 Å². The van der Waals surface area contributed by atoms with Crippen molar-refractivity contribution in [2.24, 2.45) is 7.05 Å². The summed E-state index contributed by atoms with van der Waals surface area (Å²) in [6.07, 6.45) is 7.56. The van der Waals surface area contributed by atoms with Gasteiger partial charge in [0.1, 0.15) is 0 Å². The van der Waals surface area contributed by atoms with Crippen LogP contribution in [0.4, 0.5) is 0 Å². The molecule has 0 aliphatic carbocycles. The number of thioether (sulfide) groups is 1. The topological polar surface area (TPSA) is 30.7 Å². The molecule has 4 heteroatoms. The molecule has 0 spiro atoms. The Morgan fingerprint density at radius 2 is 1.85 bits per heavy atom. The summed E-state index contributed by atoms with van der Waals surface area (Å²) in [5.41, 5.74) is 4.40. The Bertz CT molecular complexity index is 720. The molecule has 3 nitrogen and oxygen atoms in total. The van der Waals surface area contributed by atoms with Crippen molar-refractivity contribution >= 4 is 11.8 Å². The third-order valence-corrected chi connectivity index (χ3v) is 3.96. The molecule has 0 aliphatic rings. The highest BCUT2D eigenvalue weighted by Crippen LogP contribution is 2.31. The first-order valence-corrected chi connectivity index (χ1v) is 7.58. The van der Waals surface area contributed by atoms with Gasteiger partial charge in [-0.1, -0.05) is 12.1 Å². The van der Waals surface area contributed by atoms with E-state index < -0.39 is 0 Å².